The van der Waals surface area contributed by atoms with Crippen LogP contribution in [0.15, 0.2) is 12.1 Å². The first-order valence-corrected chi connectivity index (χ1v) is 4.60. The predicted molar refractivity (Wildman–Crippen MR) is 55.4 cm³/mol. The van der Waals surface area contributed by atoms with Crippen LogP contribution in [0.4, 0.5) is 24.5 Å². The third-order valence-corrected chi connectivity index (χ3v) is 2.13. The molecule has 0 saturated heterocycles. The van der Waals surface area contributed by atoms with Crippen molar-refractivity contribution in [1.29, 1.82) is 0 Å². The minimum Gasteiger partial charge on any atom is -0.399 e. The largest absolute Gasteiger partial charge is 0.405 e. The normalized spacial score (nSPS) is 11.5. The summed E-state index contributed by atoms with van der Waals surface area (Å²) in [6, 6.07) is 2.65. The molecular formula is C8H7Cl2F3N2. The zero-order valence-corrected chi connectivity index (χ0v) is 8.84. The smallest absolute Gasteiger partial charge is 0.399 e. The van der Waals surface area contributed by atoms with E-state index in [1.807, 2.05) is 0 Å². The van der Waals surface area contributed by atoms with E-state index in [1.165, 1.54) is 12.1 Å². The van der Waals surface area contributed by atoms with Crippen molar-refractivity contribution < 1.29 is 13.2 Å². The van der Waals surface area contributed by atoms with Gasteiger partial charge in [-0.3, -0.25) is 0 Å². The highest BCUT2D eigenvalue weighted by molar-refractivity contribution is 6.39. The number of alkyl halides is 3. The van der Waals surface area contributed by atoms with Crippen LogP contribution in [-0.2, 0) is 0 Å². The average Bonchev–Trinajstić information content (AvgIpc) is 1.99. The van der Waals surface area contributed by atoms with Crippen LogP contribution in [0.2, 0.25) is 10.0 Å². The minimum absolute atomic E-state index is 0.0323. The minimum atomic E-state index is -4.33. The van der Waals surface area contributed by atoms with Crippen LogP contribution in [-0.4, -0.2) is 12.7 Å². The lowest BCUT2D eigenvalue weighted by Gasteiger charge is -2.12. The van der Waals surface area contributed by atoms with Crippen LogP contribution in [0.5, 0.6) is 0 Å². The van der Waals surface area contributed by atoms with Crippen LogP contribution < -0.4 is 11.1 Å². The quantitative estimate of drug-likeness (QED) is 0.797. The molecule has 0 spiro atoms. The van der Waals surface area contributed by atoms with Gasteiger partial charge >= 0.3 is 6.18 Å². The second-order valence-corrected chi connectivity index (χ2v) is 3.64. The first kappa shape index (κ1) is 12.3. The number of nitrogen functional groups attached to an aromatic ring is 1. The number of hydrogen-bond acceptors (Lipinski definition) is 2. The molecule has 84 valence electrons. The van der Waals surface area contributed by atoms with Gasteiger partial charge in [0.15, 0.2) is 0 Å². The van der Waals surface area contributed by atoms with Crippen molar-refractivity contribution in [3.05, 3.63) is 22.2 Å². The van der Waals surface area contributed by atoms with Gasteiger partial charge in [-0.15, -0.1) is 0 Å². The number of hydrogen-bond donors (Lipinski definition) is 2. The van der Waals surface area contributed by atoms with Gasteiger partial charge in [-0.05, 0) is 12.1 Å². The topological polar surface area (TPSA) is 38.0 Å². The summed E-state index contributed by atoms with van der Waals surface area (Å²) in [5.41, 5.74) is 5.72. The number of rotatable bonds is 2. The summed E-state index contributed by atoms with van der Waals surface area (Å²) in [6.07, 6.45) is -4.33. The fourth-order valence-corrected chi connectivity index (χ4v) is 1.59. The second kappa shape index (κ2) is 4.37. The van der Waals surface area contributed by atoms with E-state index < -0.39 is 12.7 Å². The molecule has 2 nitrogen and oxygen atoms in total. The zero-order valence-electron chi connectivity index (χ0n) is 7.33. The molecule has 0 amide bonds. The van der Waals surface area contributed by atoms with Crippen molar-refractivity contribution in [3.63, 3.8) is 0 Å². The van der Waals surface area contributed by atoms with Gasteiger partial charge in [-0.25, -0.2) is 0 Å². The highest BCUT2D eigenvalue weighted by Crippen LogP contribution is 2.33. The fourth-order valence-electron chi connectivity index (χ4n) is 0.950. The Balaban J connectivity index is 2.86. The molecule has 0 atom stereocenters. The molecule has 0 radical (unpaired) electrons. The third kappa shape index (κ3) is 3.68. The molecular weight excluding hydrogens is 252 g/mol. The number of halogens is 5. The van der Waals surface area contributed by atoms with Gasteiger partial charge < -0.3 is 11.1 Å². The molecule has 0 unspecified atom stereocenters. The van der Waals surface area contributed by atoms with Gasteiger partial charge in [0, 0.05) is 5.69 Å². The lowest BCUT2D eigenvalue weighted by atomic mass is 10.3. The van der Waals surface area contributed by atoms with Crippen molar-refractivity contribution >= 4 is 34.6 Å². The summed E-state index contributed by atoms with van der Waals surface area (Å²) in [5.74, 6) is 0. The van der Waals surface area contributed by atoms with E-state index in [4.69, 9.17) is 28.9 Å². The van der Waals surface area contributed by atoms with Gasteiger partial charge in [0.25, 0.3) is 0 Å². The molecule has 0 bridgehead atoms. The SMILES string of the molecule is Nc1cc(Cl)c(NCC(F)(F)F)c(Cl)c1. The number of nitrogens with one attached hydrogen (secondary N) is 1. The van der Waals surface area contributed by atoms with E-state index in [9.17, 15) is 13.2 Å². The molecule has 0 fully saturated rings. The molecule has 7 heteroatoms. The van der Waals surface area contributed by atoms with Gasteiger partial charge in [-0.2, -0.15) is 13.2 Å². The van der Waals surface area contributed by atoms with Crippen LogP contribution in [0.3, 0.4) is 0 Å². The van der Waals surface area contributed by atoms with Crippen molar-refractivity contribution in [2.45, 2.75) is 6.18 Å². The number of benzene rings is 1. The summed E-state index contributed by atoms with van der Waals surface area (Å²) < 4.78 is 35.7. The van der Waals surface area contributed by atoms with Gasteiger partial charge in [0.2, 0.25) is 0 Å². The maximum Gasteiger partial charge on any atom is 0.405 e. The van der Waals surface area contributed by atoms with E-state index >= 15 is 0 Å². The standard InChI is InChI=1S/C8H7Cl2F3N2/c9-5-1-4(14)2-6(10)7(5)15-3-8(11,12)13/h1-2,15H,3,14H2. The molecule has 1 aromatic carbocycles. The summed E-state index contributed by atoms with van der Waals surface area (Å²) in [4.78, 5) is 0. The lowest BCUT2D eigenvalue weighted by Crippen LogP contribution is -2.21. The lowest BCUT2D eigenvalue weighted by molar-refractivity contribution is -0.115. The van der Waals surface area contributed by atoms with E-state index in [1.54, 1.807) is 0 Å². The van der Waals surface area contributed by atoms with Gasteiger partial charge in [0.05, 0.1) is 15.7 Å². The molecule has 0 aliphatic rings. The Kier molecular flexibility index (Phi) is 3.57. The van der Waals surface area contributed by atoms with Crippen molar-refractivity contribution in [3.8, 4) is 0 Å². The van der Waals surface area contributed by atoms with Gasteiger partial charge in [-0.1, -0.05) is 23.2 Å². The summed E-state index contributed by atoms with van der Waals surface area (Å²) in [7, 11) is 0. The Morgan fingerprint density at radius 1 is 1.20 bits per heavy atom. The molecule has 0 saturated carbocycles. The van der Waals surface area contributed by atoms with Crippen molar-refractivity contribution in [2.75, 3.05) is 17.6 Å². The first-order valence-electron chi connectivity index (χ1n) is 3.85. The molecule has 0 aliphatic heterocycles. The highest BCUT2D eigenvalue weighted by atomic mass is 35.5. The summed E-state index contributed by atoms with van der Waals surface area (Å²) in [5, 5.41) is 2.22. The molecule has 15 heavy (non-hydrogen) atoms. The van der Waals surface area contributed by atoms with Crippen molar-refractivity contribution in [2.24, 2.45) is 0 Å². The predicted octanol–water partition coefficient (Wildman–Crippen LogP) is 3.55. The molecule has 3 N–H and O–H groups in total. The molecule has 1 rings (SSSR count). The van der Waals surface area contributed by atoms with Crippen LogP contribution in [0.1, 0.15) is 0 Å². The fraction of sp³-hybridized carbons (Fsp3) is 0.250. The van der Waals surface area contributed by atoms with E-state index in [0.29, 0.717) is 5.69 Å². The van der Waals surface area contributed by atoms with Crippen molar-refractivity contribution in [1.82, 2.24) is 0 Å². The third-order valence-electron chi connectivity index (χ3n) is 1.53. The summed E-state index contributed by atoms with van der Waals surface area (Å²) >= 11 is 11.3. The highest BCUT2D eigenvalue weighted by Gasteiger charge is 2.27. The number of nitrogens with two attached hydrogens (primary N) is 1. The monoisotopic (exact) mass is 258 g/mol. The Hall–Kier alpha value is -0.810. The van der Waals surface area contributed by atoms with Crippen LogP contribution in [0, 0.1) is 0 Å². The first-order chi connectivity index (χ1) is 6.79. The Morgan fingerprint density at radius 2 is 1.67 bits per heavy atom. The number of anilines is 2. The van der Waals surface area contributed by atoms with E-state index in [-0.39, 0.29) is 15.7 Å². The second-order valence-electron chi connectivity index (χ2n) is 2.83. The van der Waals surface area contributed by atoms with E-state index in [2.05, 4.69) is 5.32 Å². The summed E-state index contributed by atoms with van der Waals surface area (Å²) in [6.45, 7) is -1.20. The zero-order chi connectivity index (χ0) is 11.6. The maximum absolute atomic E-state index is 11.9. The Morgan fingerprint density at radius 3 is 2.07 bits per heavy atom. The average molecular weight is 259 g/mol. The Bertz CT molecular complexity index is 342. The van der Waals surface area contributed by atoms with Crippen LogP contribution >= 0.6 is 23.2 Å². The maximum atomic E-state index is 11.9. The van der Waals surface area contributed by atoms with Gasteiger partial charge in [0.1, 0.15) is 6.54 Å². The molecule has 1 aromatic rings. The molecule has 0 heterocycles. The van der Waals surface area contributed by atoms with Crippen LogP contribution in [0.25, 0.3) is 0 Å². The Labute approximate surface area is 94.2 Å². The molecule has 0 aromatic heterocycles. The van der Waals surface area contributed by atoms with E-state index in [0.717, 1.165) is 0 Å². The molecule has 0 aliphatic carbocycles.